The topological polar surface area (TPSA) is 74.6 Å². The lowest BCUT2D eigenvalue weighted by atomic mass is 10.0. The van der Waals surface area contributed by atoms with Crippen LogP contribution < -0.4 is 10.6 Å². The minimum Gasteiger partial charge on any atom is -0.459 e. The number of nitrogens with one attached hydrogen (secondary N) is 2. The highest BCUT2D eigenvalue weighted by molar-refractivity contribution is 5.92. The smallest absolute Gasteiger partial charge is 0.287 e. The first-order valence-corrected chi connectivity index (χ1v) is 7.99. The molecule has 2 N–H and O–H groups in total. The summed E-state index contributed by atoms with van der Waals surface area (Å²) in [5.74, 6) is -0.374. The van der Waals surface area contributed by atoms with Gasteiger partial charge in [0.05, 0.1) is 18.2 Å². The highest BCUT2D eigenvalue weighted by atomic mass is 16.3. The van der Waals surface area contributed by atoms with Crippen LogP contribution in [0.1, 0.15) is 16.1 Å². The molecule has 2 aromatic rings. The van der Waals surface area contributed by atoms with Crippen molar-refractivity contribution in [3.8, 4) is 0 Å². The summed E-state index contributed by atoms with van der Waals surface area (Å²) in [6, 6.07) is 13.1. The van der Waals surface area contributed by atoms with E-state index in [2.05, 4.69) is 27.7 Å². The molecule has 0 spiro atoms. The van der Waals surface area contributed by atoms with E-state index in [1.807, 2.05) is 18.2 Å². The summed E-state index contributed by atoms with van der Waals surface area (Å²) in [5.41, 5.74) is 1.19. The second-order valence-corrected chi connectivity index (χ2v) is 5.96. The largest absolute Gasteiger partial charge is 0.459 e. The van der Waals surface area contributed by atoms with Crippen molar-refractivity contribution in [2.75, 3.05) is 20.1 Å². The van der Waals surface area contributed by atoms with Crippen molar-refractivity contribution in [2.24, 2.45) is 5.92 Å². The fraction of sp³-hybridized carbons (Fsp3) is 0.333. The van der Waals surface area contributed by atoms with Crippen LogP contribution in [0.15, 0.2) is 53.1 Å². The summed E-state index contributed by atoms with van der Waals surface area (Å²) in [4.78, 5) is 26.6. The molecule has 1 saturated heterocycles. The number of hydrogen-bond donors (Lipinski definition) is 2. The third-order valence-corrected chi connectivity index (χ3v) is 4.29. The van der Waals surface area contributed by atoms with E-state index in [1.54, 1.807) is 19.2 Å². The van der Waals surface area contributed by atoms with Gasteiger partial charge in [-0.3, -0.25) is 14.5 Å². The molecule has 2 atom stereocenters. The Bertz CT molecular complexity index is 685. The fourth-order valence-electron chi connectivity index (χ4n) is 3.10. The Labute approximate surface area is 140 Å². The summed E-state index contributed by atoms with van der Waals surface area (Å²) in [6.07, 6.45) is 1.46. The summed E-state index contributed by atoms with van der Waals surface area (Å²) in [5, 5.41) is 5.62. The van der Waals surface area contributed by atoms with Gasteiger partial charge in [-0.15, -0.1) is 0 Å². The van der Waals surface area contributed by atoms with Gasteiger partial charge in [-0.2, -0.15) is 0 Å². The molecule has 0 radical (unpaired) electrons. The number of carbonyl (C=O) groups is 2. The molecule has 0 aliphatic carbocycles. The molecule has 2 amide bonds. The van der Waals surface area contributed by atoms with Crippen LogP contribution in [-0.4, -0.2) is 42.9 Å². The quantitative estimate of drug-likeness (QED) is 0.867. The average molecular weight is 327 g/mol. The van der Waals surface area contributed by atoms with Gasteiger partial charge in [0, 0.05) is 26.7 Å². The Morgan fingerprint density at radius 2 is 1.96 bits per heavy atom. The van der Waals surface area contributed by atoms with Crippen molar-refractivity contribution < 1.29 is 14.0 Å². The van der Waals surface area contributed by atoms with Gasteiger partial charge in [0.25, 0.3) is 5.91 Å². The summed E-state index contributed by atoms with van der Waals surface area (Å²) in [7, 11) is 1.62. The zero-order chi connectivity index (χ0) is 16.9. The molecule has 3 rings (SSSR count). The number of carbonyl (C=O) groups excluding carboxylic acids is 2. The van der Waals surface area contributed by atoms with Crippen molar-refractivity contribution in [1.29, 1.82) is 0 Å². The molecular formula is C18H21N3O3. The predicted octanol–water partition coefficient (Wildman–Crippen LogP) is 1.26. The lowest BCUT2D eigenvalue weighted by Crippen LogP contribution is -2.45. The molecule has 126 valence electrons. The first-order valence-electron chi connectivity index (χ1n) is 7.99. The molecule has 6 heteroatoms. The number of hydrogen-bond acceptors (Lipinski definition) is 4. The lowest BCUT2D eigenvalue weighted by molar-refractivity contribution is -0.124. The first-order chi connectivity index (χ1) is 11.7. The Balaban J connectivity index is 1.68. The molecule has 24 heavy (non-hydrogen) atoms. The van der Waals surface area contributed by atoms with Gasteiger partial charge in [-0.1, -0.05) is 30.3 Å². The van der Waals surface area contributed by atoms with Gasteiger partial charge in [0.15, 0.2) is 5.76 Å². The Kier molecular flexibility index (Phi) is 4.96. The standard InChI is InChI=1S/C18H21N3O3/c1-19-17(22)14-11-21(10-13-6-3-2-4-7-13)12-15(14)20-18(23)16-8-5-9-24-16/h2-9,14-15H,10-12H2,1H3,(H,19,22)(H,20,23)/t14-,15-/m0/s1. The average Bonchev–Trinajstić information content (AvgIpc) is 3.25. The maximum atomic E-state index is 12.2. The number of nitrogens with zero attached hydrogens (tertiary/aromatic N) is 1. The third-order valence-electron chi connectivity index (χ3n) is 4.29. The molecule has 0 unspecified atom stereocenters. The van der Waals surface area contributed by atoms with Gasteiger partial charge in [-0.25, -0.2) is 0 Å². The van der Waals surface area contributed by atoms with Gasteiger partial charge in [-0.05, 0) is 17.7 Å². The molecule has 0 bridgehead atoms. The van der Waals surface area contributed by atoms with Crippen molar-refractivity contribution in [3.05, 3.63) is 60.1 Å². The van der Waals surface area contributed by atoms with Crippen LogP contribution in [-0.2, 0) is 11.3 Å². The molecule has 1 aliphatic rings. The first kappa shape index (κ1) is 16.3. The van der Waals surface area contributed by atoms with E-state index >= 15 is 0 Å². The van der Waals surface area contributed by atoms with Gasteiger partial charge >= 0.3 is 0 Å². The van der Waals surface area contributed by atoms with Crippen LogP contribution in [0.3, 0.4) is 0 Å². The second-order valence-electron chi connectivity index (χ2n) is 5.96. The molecular weight excluding hydrogens is 306 g/mol. The fourth-order valence-corrected chi connectivity index (χ4v) is 3.10. The molecule has 0 saturated carbocycles. The van der Waals surface area contributed by atoms with E-state index in [0.29, 0.717) is 13.1 Å². The summed E-state index contributed by atoms with van der Waals surface area (Å²) < 4.78 is 5.12. The van der Waals surface area contributed by atoms with Crippen molar-refractivity contribution in [2.45, 2.75) is 12.6 Å². The van der Waals surface area contributed by atoms with E-state index in [0.717, 1.165) is 6.54 Å². The van der Waals surface area contributed by atoms with E-state index in [-0.39, 0.29) is 29.5 Å². The van der Waals surface area contributed by atoms with Crippen LogP contribution in [0.25, 0.3) is 0 Å². The van der Waals surface area contributed by atoms with E-state index in [4.69, 9.17) is 4.42 Å². The number of furan rings is 1. The van der Waals surface area contributed by atoms with Crippen LogP contribution >= 0.6 is 0 Å². The van der Waals surface area contributed by atoms with E-state index in [9.17, 15) is 9.59 Å². The van der Waals surface area contributed by atoms with Crippen LogP contribution in [0.4, 0.5) is 0 Å². The van der Waals surface area contributed by atoms with E-state index in [1.165, 1.54) is 11.8 Å². The predicted molar refractivity (Wildman–Crippen MR) is 89.2 cm³/mol. The van der Waals surface area contributed by atoms with Gasteiger partial charge in [0.2, 0.25) is 5.91 Å². The molecule has 1 aromatic carbocycles. The number of rotatable bonds is 5. The zero-order valence-corrected chi connectivity index (χ0v) is 13.6. The SMILES string of the molecule is CNC(=O)[C@H]1CN(Cc2ccccc2)C[C@@H]1NC(=O)c1ccco1. The van der Waals surface area contributed by atoms with Crippen LogP contribution in [0.2, 0.25) is 0 Å². The molecule has 1 aliphatic heterocycles. The molecule has 2 heterocycles. The number of likely N-dealkylation sites (tertiary alicyclic amines) is 1. The van der Waals surface area contributed by atoms with Crippen LogP contribution in [0, 0.1) is 5.92 Å². The van der Waals surface area contributed by atoms with Gasteiger partial charge < -0.3 is 15.1 Å². The normalized spacial score (nSPS) is 20.7. The summed E-state index contributed by atoms with van der Waals surface area (Å²) >= 11 is 0. The van der Waals surface area contributed by atoms with Crippen molar-refractivity contribution in [1.82, 2.24) is 15.5 Å². The Morgan fingerprint density at radius 3 is 2.62 bits per heavy atom. The highest BCUT2D eigenvalue weighted by Gasteiger charge is 2.38. The lowest BCUT2D eigenvalue weighted by Gasteiger charge is -2.18. The molecule has 6 nitrogen and oxygen atoms in total. The Morgan fingerprint density at radius 1 is 1.17 bits per heavy atom. The Hall–Kier alpha value is -2.60. The molecule has 1 aromatic heterocycles. The number of amides is 2. The van der Waals surface area contributed by atoms with Crippen molar-refractivity contribution >= 4 is 11.8 Å². The maximum Gasteiger partial charge on any atom is 0.287 e. The third kappa shape index (κ3) is 3.65. The summed E-state index contributed by atoms with van der Waals surface area (Å²) in [6.45, 7) is 1.98. The molecule has 1 fully saturated rings. The number of benzene rings is 1. The van der Waals surface area contributed by atoms with Gasteiger partial charge in [0.1, 0.15) is 0 Å². The van der Waals surface area contributed by atoms with E-state index < -0.39 is 0 Å². The highest BCUT2D eigenvalue weighted by Crippen LogP contribution is 2.20. The van der Waals surface area contributed by atoms with Crippen molar-refractivity contribution in [3.63, 3.8) is 0 Å². The maximum absolute atomic E-state index is 12.2. The monoisotopic (exact) mass is 327 g/mol. The minimum atomic E-state index is -0.291. The second kappa shape index (κ2) is 7.31. The minimum absolute atomic E-state index is 0.0599. The zero-order valence-electron chi connectivity index (χ0n) is 13.6. The van der Waals surface area contributed by atoms with Crippen LogP contribution in [0.5, 0.6) is 0 Å².